The van der Waals surface area contributed by atoms with E-state index in [2.05, 4.69) is 67.9 Å². The number of nitrogens with zero attached hydrogens (tertiary/aromatic N) is 1. The van der Waals surface area contributed by atoms with E-state index in [1.807, 2.05) is 41.3 Å². The van der Waals surface area contributed by atoms with E-state index in [-0.39, 0.29) is 35.4 Å². The first kappa shape index (κ1) is 30.3. The molecule has 0 fully saturated rings. The summed E-state index contributed by atoms with van der Waals surface area (Å²) in [6.45, 7) is 8.95. The van der Waals surface area contributed by atoms with Crippen molar-refractivity contribution >= 4 is 44.2 Å². The van der Waals surface area contributed by atoms with Gasteiger partial charge in [0.1, 0.15) is 12.4 Å². The van der Waals surface area contributed by atoms with Gasteiger partial charge in [0, 0.05) is 47.8 Å². The van der Waals surface area contributed by atoms with Gasteiger partial charge in [-0.15, -0.1) is 0 Å². The molecule has 1 N–H and O–H groups in total. The van der Waals surface area contributed by atoms with Crippen molar-refractivity contribution in [1.29, 1.82) is 0 Å². The summed E-state index contributed by atoms with van der Waals surface area (Å²) >= 11 is 3.73. The fourth-order valence-electron chi connectivity index (χ4n) is 7.25. The van der Waals surface area contributed by atoms with Crippen molar-refractivity contribution < 1.29 is 24.2 Å². The molecule has 228 valence electrons. The second kappa shape index (κ2) is 11.3. The number of halogens is 1. The molecule has 0 bridgehead atoms. The Balaban J connectivity index is 1.42. The highest BCUT2D eigenvalue weighted by atomic mass is 79.9. The minimum atomic E-state index is -0.901. The Labute approximate surface area is 266 Å². The van der Waals surface area contributed by atoms with E-state index in [0.29, 0.717) is 49.2 Å². The number of aliphatic carboxylic acids is 1. The Morgan fingerprint density at radius 2 is 1.50 bits per heavy atom. The van der Waals surface area contributed by atoms with E-state index >= 15 is 0 Å². The standard InChI is InChI=1S/C37H38BrNO5/c1-36(2)17-27-34(29(40)19-36)33(35-28(39(27)15-14-32(42)43)18-37(3,4)20-30(35)41)23-12-13-31(26(38)16-23)44-21-24-10-7-9-22-8-5-6-11-25(22)24/h5-13,16,33H,14-15,17-21H2,1-4H3,(H,42,43). The minimum Gasteiger partial charge on any atom is -0.488 e. The molecular weight excluding hydrogens is 618 g/mol. The van der Waals surface area contributed by atoms with Crippen molar-refractivity contribution in [3.8, 4) is 5.75 Å². The molecule has 1 aliphatic heterocycles. The molecular formula is C37H38BrNO5. The van der Waals surface area contributed by atoms with Crippen LogP contribution in [0.4, 0.5) is 0 Å². The molecule has 7 heteroatoms. The topological polar surface area (TPSA) is 83.9 Å². The maximum Gasteiger partial charge on any atom is 0.305 e. The number of Topliss-reactive ketones (excluding diaryl/α,β-unsaturated/α-hetero) is 2. The first-order valence-corrected chi connectivity index (χ1v) is 16.0. The third kappa shape index (κ3) is 5.74. The van der Waals surface area contributed by atoms with Crippen LogP contribution in [0, 0.1) is 10.8 Å². The van der Waals surface area contributed by atoms with Gasteiger partial charge in [-0.25, -0.2) is 0 Å². The van der Waals surface area contributed by atoms with Crippen molar-refractivity contribution in [1.82, 2.24) is 4.90 Å². The number of carbonyl (C=O) groups excluding carboxylic acids is 2. The van der Waals surface area contributed by atoms with E-state index in [1.165, 1.54) is 0 Å². The quantitative estimate of drug-likeness (QED) is 0.275. The molecule has 3 aliphatic rings. The zero-order valence-electron chi connectivity index (χ0n) is 25.7. The van der Waals surface area contributed by atoms with Crippen LogP contribution in [0.25, 0.3) is 10.8 Å². The van der Waals surface area contributed by atoms with Crippen LogP contribution in [0.1, 0.15) is 76.8 Å². The lowest BCUT2D eigenvalue weighted by molar-refractivity contribution is -0.137. The third-order valence-corrected chi connectivity index (χ3v) is 9.74. The van der Waals surface area contributed by atoms with Gasteiger partial charge in [0.15, 0.2) is 11.6 Å². The summed E-state index contributed by atoms with van der Waals surface area (Å²) in [5, 5.41) is 11.9. The van der Waals surface area contributed by atoms with Gasteiger partial charge in [-0.05, 0) is 73.6 Å². The molecule has 0 atom stereocenters. The average molecular weight is 657 g/mol. The number of carbonyl (C=O) groups is 3. The molecule has 0 amide bonds. The predicted octanol–water partition coefficient (Wildman–Crippen LogP) is 8.34. The van der Waals surface area contributed by atoms with E-state index in [1.54, 1.807) is 0 Å². The number of hydrogen-bond acceptors (Lipinski definition) is 5. The number of benzene rings is 3. The van der Waals surface area contributed by atoms with Crippen LogP contribution in [0.2, 0.25) is 0 Å². The second-order valence-electron chi connectivity index (χ2n) is 13.9. The fourth-order valence-corrected chi connectivity index (χ4v) is 7.76. The van der Waals surface area contributed by atoms with Gasteiger partial charge < -0.3 is 14.7 Å². The zero-order chi connectivity index (χ0) is 31.4. The van der Waals surface area contributed by atoms with Gasteiger partial charge in [-0.2, -0.15) is 0 Å². The molecule has 0 spiro atoms. The van der Waals surface area contributed by atoms with Crippen molar-refractivity contribution in [3.63, 3.8) is 0 Å². The molecule has 6 nitrogen and oxygen atoms in total. The van der Waals surface area contributed by atoms with E-state index < -0.39 is 11.9 Å². The second-order valence-corrected chi connectivity index (χ2v) is 14.8. The normalized spacial score (nSPS) is 19.7. The molecule has 0 unspecified atom stereocenters. The lowest BCUT2D eigenvalue weighted by atomic mass is 9.63. The molecule has 0 saturated heterocycles. The van der Waals surface area contributed by atoms with Gasteiger partial charge in [-0.1, -0.05) is 76.2 Å². The summed E-state index contributed by atoms with van der Waals surface area (Å²) in [6, 6.07) is 20.3. The molecule has 44 heavy (non-hydrogen) atoms. The lowest BCUT2D eigenvalue weighted by Gasteiger charge is -2.49. The van der Waals surface area contributed by atoms with Crippen molar-refractivity contribution in [2.24, 2.45) is 10.8 Å². The maximum absolute atomic E-state index is 14.0. The van der Waals surface area contributed by atoms with Crippen LogP contribution in [0.15, 0.2) is 87.7 Å². The molecule has 0 saturated carbocycles. The number of allylic oxidation sites excluding steroid dienone is 4. The lowest BCUT2D eigenvalue weighted by Crippen LogP contribution is -2.45. The Morgan fingerprint density at radius 3 is 2.11 bits per heavy atom. The molecule has 1 heterocycles. The minimum absolute atomic E-state index is 0.0261. The van der Waals surface area contributed by atoms with Gasteiger partial charge in [0.05, 0.1) is 10.9 Å². The van der Waals surface area contributed by atoms with Crippen LogP contribution in [0.5, 0.6) is 5.75 Å². The number of rotatable bonds is 7. The fraction of sp³-hybridized carbons (Fsp3) is 0.378. The predicted molar refractivity (Wildman–Crippen MR) is 174 cm³/mol. The largest absolute Gasteiger partial charge is 0.488 e. The summed E-state index contributed by atoms with van der Waals surface area (Å²) in [5.41, 5.74) is 4.41. The van der Waals surface area contributed by atoms with E-state index in [0.717, 1.165) is 37.8 Å². The van der Waals surface area contributed by atoms with Gasteiger partial charge in [0.2, 0.25) is 0 Å². The van der Waals surface area contributed by atoms with Crippen molar-refractivity contribution in [2.75, 3.05) is 6.54 Å². The Kier molecular flexibility index (Phi) is 7.81. The highest BCUT2D eigenvalue weighted by molar-refractivity contribution is 9.10. The number of carboxylic acids is 1. The van der Waals surface area contributed by atoms with Crippen LogP contribution in [-0.2, 0) is 21.0 Å². The maximum atomic E-state index is 14.0. The number of carboxylic acid groups (broad SMARTS) is 1. The third-order valence-electron chi connectivity index (χ3n) is 9.12. The molecule has 0 aromatic heterocycles. The molecule has 6 rings (SSSR count). The van der Waals surface area contributed by atoms with Gasteiger partial charge in [-0.3, -0.25) is 14.4 Å². The molecule has 3 aromatic carbocycles. The summed E-state index contributed by atoms with van der Waals surface area (Å²) in [5.74, 6) is -0.675. The van der Waals surface area contributed by atoms with E-state index in [4.69, 9.17) is 4.74 Å². The number of ether oxygens (including phenoxy) is 1. The number of fused-ring (bicyclic) bond motifs is 1. The first-order valence-electron chi connectivity index (χ1n) is 15.2. The summed E-state index contributed by atoms with van der Waals surface area (Å²) in [4.78, 5) is 41.7. The Hall–Kier alpha value is -3.71. The SMILES string of the molecule is CC1(C)CC(=O)C2=C(C1)N(CCC(=O)O)C1=C(C(=O)CC(C)(C)C1)C2c1ccc(OCc2cccc3ccccc23)c(Br)c1. The van der Waals surface area contributed by atoms with Crippen LogP contribution in [0.3, 0.4) is 0 Å². The first-order chi connectivity index (χ1) is 20.8. The summed E-state index contributed by atoms with van der Waals surface area (Å²) in [6.07, 6.45) is 1.97. The smallest absolute Gasteiger partial charge is 0.305 e. The molecule has 0 radical (unpaired) electrons. The summed E-state index contributed by atoms with van der Waals surface area (Å²) in [7, 11) is 0. The Bertz CT molecular complexity index is 1710. The molecule has 2 aliphatic carbocycles. The van der Waals surface area contributed by atoms with Gasteiger partial charge in [0.25, 0.3) is 0 Å². The van der Waals surface area contributed by atoms with Crippen molar-refractivity contribution in [2.45, 2.75) is 72.3 Å². The highest BCUT2D eigenvalue weighted by Gasteiger charge is 2.49. The number of ketones is 2. The highest BCUT2D eigenvalue weighted by Crippen LogP contribution is 2.54. The average Bonchev–Trinajstić information content (AvgIpc) is 2.93. The van der Waals surface area contributed by atoms with E-state index in [9.17, 15) is 19.5 Å². The van der Waals surface area contributed by atoms with Crippen LogP contribution in [-0.4, -0.2) is 34.1 Å². The molecule has 3 aromatic rings. The monoisotopic (exact) mass is 655 g/mol. The van der Waals surface area contributed by atoms with Crippen molar-refractivity contribution in [3.05, 3.63) is 98.8 Å². The zero-order valence-corrected chi connectivity index (χ0v) is 27.3. The van der Waals surface area contributed by atoms with Gasteiger partial charge >= 0.3 is 5.97 Å². The van der Waals surface area contributed by atoms with Crippen LogP contribution >= 0.6 is 15.9 Å². The summed E-state index contributed by atoms with van der Waals surface area (Å²) < 4.78 is 7.04. The Morgan fingerprint density at radius 1 is 0.886 bits per heavy atom. The number of hydrogen-bond donors (Lipinski definition) is 1. The van der Waals surface area contributed by atoms with Crippen LogP contribution < -0.4 is 4.74 Å².